The van der Waals surface area contributed by atoms with Crippen molar-refractivity contribution in [3.8, 4) is 28.3 Å². The van der Waals surface area contributed by atoms with Crippen LogP contribution in [0, 0.1) is 0 Å². The quantitative estimate of drug-likeness (QED) is 0.187. The molecule has 206 valence electrons. The molecule has 6 aromatic carbocycles. The van der Waals surface area contributed by atoms with E-state index in [1.54, 1.807) is 21.7 Å². The lowest BCUT2D eigenvalue weighted by atomic mass is 9.99. The second-order valence-corrected chi connectivity index (χ2v) is 15.5. The zero-order chi connectivity index (χ0) is 28.9. The zero-order valence-corrected chi connectivity index (χ0v) is 25.9. The van der Waals surface area contributed by atoms with Crippen LogP contribution in [-0.2, 0) is 0 Å². The molecule has 3 aromatic heterocycles. The van der Waals surface area contributed by atoms with Gasteiger partial charge in [0.2, 0.25) is 0 Å². The third-order valence-electron chi connectivity index (χ3n) is 9.47. The Morgan fingerprint density at radius 3 is 2.30 bits per heavy atom. The van der Waals surface area contributed by atoms with Crippen LogP contribution < -0.4 is 10.4 Å². The summed E-state index contributed by atoms with van der Waals surface area (Å²) in [7, 11) is -1.24. The average molecular weight is 596 g/mol. The molecular formula is C39H25N3SSi. The van der Waals surface area contributed by atoms with E-state index in [-0.39, 0.29) is 0 Å². The number of rotatable bonds is 2. The fourth-order valence-corrected chi connectivity index (χ4v) is 11.1. The summed E-state index contributed by atoms with van der Waals surface area (Å²) in [6, 6.07) is 46.4. The second-order valence-electron chi connectivity index (χ2n) is 11.8. The van der Waals surface area contributed by atoms with Crippen LogP contribution in [0.25, 0.3) is 81.2 Å². The summed E-state index contributed by atoms with van der Waals surface area (Å²) < 4.78 is 3.65. The molecule has 3 nitrogen and oxygen atoms in total. The van der Waals surface area contributed by atoms with E-state index < -0.39 is 8.80 Å². The summed E-state index contributed by atoms with van der Waals surface area (Å²) in [6.45, 7) is 2.47. The third-order valence-corrected chi connectivity index (χ3v) is 13.4. The topological polar surface area (TPSA) is 30.7 Å². The van der Waals surface area contributed by atoms with Crippen LogP contribution in [0.2, 0.25) is 6.55 Å². The van der Waals surface area contributed by atoms with Crippen molar-refractivity contribution in [3.63, 3.8) is 0 Å². The van der Waals surface area contributed by atoms with Gasteiger partial charge in [0.15, 0.2) is 11.6 Å². The third kappa shape index (κ3) is 3.25. The molecule has 10 rings (SSSR count). The Bertz CT molecular complexity index is 2630. The molecule has 1 atom stereocenters. The monoisotopic (exact) mass is 595 g/mol. The first-order valence-corrected chi connectivity index (χ1v) is 18.2. The highest BCUT2D eigenvalue weighted by Crippen LogP contribution is 2.42. The molecule has 5 heteroatoms. The number of thiophene rings is 1. The summed E-state index contributed by atoms with van der Waals surface area (Å²) in [5.74, 6) is 1.69. The Balaban J connectivity index is 1.40. The summed E-state index contributed by atoms with van der Waals surface area (Å²) in [5, 5.41) is 10.4. The van der Waals surface area contributed by atoms with Crippen LogP contribution in [0.15, 0.2) is 127 Å². The number of hydrogen-bond acceptors (Lipinski definition) is 3. The normalized spacial score (nSPS) is 14.2. The highest BCUT2D eigenvalue weighted by Gasteiger charge is 2.28. The van der Waals surface area contributed by atoms with E-state index in [0.717, 1.165) is 32.9 Å². The predicted octanol–water partition coefficient (Wildman–Crippen LogP) is 8.71. The van der Waals surface area contributed by atoms with Crippen LogP contribution >= 0.6 is 11.3 Å². The number of aromatic nitrogens is 3. The van der Waals surface area contributed by atoms with Crippen molar-refractivity contribution in [2.24, 2.45) is 0 Å². The van der Waals surface area contributed by atoms with Gasteiger partial charge in [-0.25, -0.2) is 9.97 Å². The van der Waals surface area contributed by atoms with Gasteiger partial charge in [0, 0.05) is 31.8 Å². The Morgan fingerprint density at radius 1 is 0.614 bits per heavy atom. The maximum atomic E-state index is 5.43. The molecule has 0 saturated carbocycles. The van der Waals surface area contributed by atoms with Gasteiger partial charge in [0.1, 0.15) is 13.6 Å². The van der Waals surface area contributed by atoms with E-state index in [1.807, 2.05) is 6.07 Å². The molecule has 0 saturated heterocycles. The van der Waals surface area contributed by atoms with Crippen molar-refractivity contribution < 1.29 is 0 Å². The van der Waals surface area contributed by atoms with E-state index in [4.69, 9.17) is 9.97 Å². The lowest BCUT2D eigenvalue weighted by Gasteiger charge is -2.14. The van der Waals surface area contributed by atoms with Gasteiger partial charge in [0.25, 0.3) is 0 Å². The minimum atomic E-state index is -1.24. The number of nitrogens with zero attached hydrogens (tertiary/aromatic N) is 3. The standard InChI is InChI=1S/C39H25N3SSi/c1-44-33-18-10-7-14-26(33)30-22-29-24(21-34(30)44)19-20-27-25-13-5-8-16-31(25)42(36(27)29)38-35-28-15-6-9-17-32(28)43-39(35)41-37(40-38)23-11-3-2-4-12-23/h2-22,44H,1H3. The smallest absolute Gasteiger partial charge is 0.163 e. The molecule has 0 bridgehead atoms. The average Bonchev–Trinajstić information content (AvgIpc) is 3.72. The summed E-state index contributed by atoms with van der Waals surface area (Å²) in [5.41, 5.74) is 6.19. The van der Waals surface area contributed by atoms with Gasteiger partial charge in [-0.3, -0.25) is 4.57 Å². The minimum absolute atomic E-state index is 0.750. The van der Waals surface area contributed by atoms with Crippen LogP contribution in [0.4, 0.5) is 0 Å². The molecule has 0 aliphatic carbocycles. The summed E-state index contributed by atoms with van der Waals surface area (Å²) >= 11 is 1.75. The fourth-order valence-electron chi connectivity index (χ4n) is 7.43. The van der Waals surface area contributed by atoms with E-state index in [2.05, 4.69) is 132 Å². The van der Waals surface area contributed by atoms with E-state index >= 15 is 0 Å². The van der Waals surface area contributed by atoms with Crippen molar-refractivity contribution in [1.82, 2.24) is 14.5 Å². The Morgan fingerprint density at radius 2 is 1.39 bits per heavy atom. The maximum absolute atomic E-state index is 5.43. The summed E-state index contributed by atoms with van der Waals surface area (Å²) in [6.07, 6.45) is 0. The van der Waals surface area contributed by atoms with Gasteiger partial charge in [0.05, 0.1) is 16.4 Å². The van der Waals surface area contributed by atoms with E-state index in [9.17, 15) is 0 Å². The Kier molecular flexibility index (Phi) is 4.96. The molecule has 0 spiro atoms. The number of para-hydroxylation sites is 1. The van der Waals surface area contributed by atoms with Gasteiger partial charge < -0.3 is 0 Å². The molecular weight excluding hydrogens is 571 g/mol. The van der Waals surface area contributed by atoms with Gasteiger partial charge in [-0.05, 0) is 39.9 Å². The van der Waals surface area contributed by atoms with Crippen molar-refractivity contribution in [1.29, 1.82) is 0 Å². The van der Waals surface area contributed by atoms with Crippen molar-refractivity contribution in [2.45, 2.75) is 6.55 Å². The van der Waals surface area contributed by atoms with Crippen LogP contribution in [0.1, 0.15) is 0 Å². The molecule has 0 amide bonds. The molecule has 0 N–H and O–H groups in total. The SMILES string of the molecule is C[SiH]1c2ccccc2-c2cc3c(ccc4c5ccccc5n(-c5nc(-c6ccccc6)nc6sc7ccccc7c56)c34)cc21. The molecule has 9 aromatic rings. The van der Waals surface area contributed by atoms with Gasteiger partial charge in [-0.1, -0.05) is 121 Å². The van der Waals surface area contributed by atoms with Crippen LogP contribution in [-0.4, -0.2) is 23.3 Å². The van der Waals surface area contributed by atoms with Crippen molar-refractivity contribution >= 4 is 83.4 Å². The highest BCUT2D eigenvalue weighted by molar-refractivity contribution is 7.25. The summed E-state index contributed by atoms with van der Waals surface area (Å²) in [4.78, 5) is 11.6. The molecule has 1 aliphatic rings. The number of benzene rings is 6. The molecule has 1 aliphatic heterocycles. The number of fused-ring (bicyclic) bond motifs is 11. The first-order chi connectivity index (χ1) is 21.7. The number of hydrogen-bond donors (Lipinski definition) is 0. The molecule has 0 fully saturated rings. The van der Waals surface area contributed by atoms with Crippen LogP contribution in [0.5, 0.6) is 0 Å². The Hall–Kier alpha value is -5.10. The van der Waals surface area contributed by atoms with E-state index in [0.29, 0.717) is 0 Å². The van der Waals surface area contributed by atoms with Gasteiger partial charge in [-0.2, -0.15) is 0 Å². The first kappa shape index (κ1) is 24.4. The molecule has 4 heterocycles. The first-order valence-electron chi connectivity index (χ1n) is 15.1. The van der Waals surface area contributed by atoms with Crippen LogP contribution in [0.3, 0.4) is 0 Å². The van der Waals surface area contributed by atoms with Crippen molar-refractivity contribution in [2.75, 3.05) is 0 Å². The maximum Gasteiger partial charge on any atom is 0.163 e. The zero-order valence-electron chi connectivity index (χ0n) is 24.0. The van der Waals surface area contributed by atoms with E-state index in [1.165, 1.54) is 48.3 Å². The fraction of sp³-hybridized carbons (Fsp3) is 0.0256. The predicted molar refractivity (Wildman–Crippen MR) is 190 cm³/mol. The largest absolute Gasteiger partial charge is 0.292 e. The molecule has 44 heavy (non-hydrogen) atoms. The van der Waals surface area contributed by atoms with Gasteiger partial charge >= 0.3 is 0 Å². The molecule has 1 unspecified atom stereocenters. The highest BCUT2D eigenvalue weighted by atomic mass is 32.1. The lowest BCUT2D eigenvalue weighted by molar-refractivity contribution is 1.08. The second kappa shape index (κ2) is 8.96. The van der Waals surface area contributed by atoms with Gasteiger partial charge in [-0.15, -0.1) is 11.3 Å². The lowest BCUT2D eigenvalue weighted by Crippen LogP contribution is -2.34. The Labute approximate surface area is 259 Å². The minimum Gasteiger partial charge on any atom is -0.292 e. The molecule has 0 radical (unpaired) electrons. The van der Waals surface area contributed by atoms with Crippen molar-refractivity contribution in [3.05, 3.63) is 127 Å².